The highest BCUT2D eigenvalue weighted by Gasteiger charge is 2.47. The monoisotopic (exact) mass is 770 g/mol. The Morgan fingerprint density at radius 3 is 1.31 bits per heavy atom. The van der Waals surface area contributed by atoms with Gasteiger partial charge in [-0.25, -0.2) is 54.3 Å². The molecule has 0 spiro atoms. The van der Waals surface area contributed by atoms with E-state index in [0.29, 0.717) is 0 Å². The molecule has 4 atom stereocenters. The zero-order valence-corrected chi connectivity index (χ0v) is 28.6. The standard InChI is InChI=1S/2C18H15F4NO4/c2*1-7(19)11-8(4-3-5-9(11)20)12-13-10(6-27-18(13)25)23-15(16(21)22)14(12)17(24)26-2/h2*3-5,7,12,16,23H,6H2,1-2H3/t7-,12+;7-,12-/m01/s1. The van der Waals surface area contributed by atoms with Gasteiger partial charge in [0.15, 0.2) is 0 Å². The lowest BCUT2D eigenvalue weighted by Crippen LogP contribution is -2.34. The Bertz CT molecular complexity index is 1900. The first kappa shape index (κ1) is 39.5. The molecule has 2 N–H and O–H groups in total. The molecule has 6 rings (SSSR count). The molecule has 0 fully saturated rings. The van der Waals surface area contributed by atoms with Gasteiger partial charge in [0.1, 0.15) is 37.2 Å². The number of cyclic esters (lactones) is 2. The summed E-state index contributed by atoms with van der Waals surface area (Å²) in [5.74, 6) is -8.74. The summed E-state index contributed by atoms with van der Waals surface area (Å²) in [5.41, 5.74) is -4.07. The van der Waals surface area contributed by atoms with E-state index in [1.807, 2.05) is 0 Å². The number of halogens is 8. The molecule has 10 nitrogen and oxygen atoms in total. The van der Waals surface area contributed by atoms with Crippen LogP contribution >= 0.6 is 0 Å². The van der Waals surface area contributed by atoms with Crippen molar-refractivity contribution >= 4 is 23.9 Å². The molecular formula is C36H30F8N2O8. The van der Waals surface area contributed by atoms with Gasteiger partial charge in [0.25, 0.3) is 12.9 Å². The van der Waals surface area contributed by atoms with Crippen LogP contribution in [0.25, 0.3) is 0 Å². The van der Waals surface area contributed by atoms with E-state index in [9.17, 15) is 54.3 Å². The summed E-state index contributed by atoms with van der Waals surface area (Å²) in [4.78, 5) is 49.1. The SMILES string of the molecule is COC(=O)C1=C(C(F)F)NC2=C(C(=O)OC2)[C@H]1c1cccc(F)c1[C@@H](C)F.COC(=O)C1=C(C(F)F)NC2=C(C(=O)OC2)[C@H]1c1cccc(F)c1[C@H](C)F. The summed E-state index contributed by atoms with van der Waals surface area (Å²) < 4.78 is 130. The van der Waals surface area contributed by atoms with Crippen molar-refractivity contribution in [3.63, 3.8) is 0 Å². The normalized spacial score (nSPS) is 20.4. The Balaban J connectivity index is 0.000000208. The van der Waals surface area contributed by atoms with Crippen LogP contribution in [-0.2, 0) is 38.1 Å². The van der Waals surface area contributed by atoms with Crippen LogP contribution in [0.15, 0.2) is 81.5 Å². The van der Waals surface area contributed by atoms with Gasteiger partial charge in [-0.05, 0) is 37.1 Å². The zero-order valence-electron chi connectivity index (χ0n) is 28.6. The number of hydrogen-bond donors (Lipinski definition) is 2. The van der Waals surface area contributed by atoms with Crippen molar-refractivity contribution in [2.45, 2.75) is 50.9 Å². The minimum absolute atomic E-state index is 0.0228. The van der Waals surface area contributed by atoms with Gasteiger partial charge in [-0.15, -0.1) is 0 Å². The first-order chi connectivity index (χ1) is 25.5. The summed E-state index contributed by atoms with van der Waals surface area (Å²) in [6.07, 6.45) is -9.87. The van der Waals surface area contributed by atoms with E-state index in [1.165, 1.54) is 24.3 Å². The number of alkyl halides is 6. The van der Waals surface area contributed by atoms with E-state index in [2.05, 4.69) is 20.1 Å². The maximum absolute atomic E-state index is 14.3. The molecule has 54 heavy (non-hydrogen) atoms. The number of carbonyl (C=O) groups excluding carboxylic acids is 4. The molecule has 4 aliphatic heterocycles. The lowest BCUT2D eigenvalue weighted by Gasteiger charge is -2.29. The molecule has 0 aliphatic carbocycles. The lowest BCUT2D eigenvalue weighted by molar-refractivity contribution is -0.138. The second-order valence-electron chi connectivity index (χ2n) is 12.0. The van der Waals surface area contributed by atoms with Crippen LogP contribution < -0.4 is 10.6 Å². The fourth-order valence-corrected chi connectivity index (χ4v) is 6.78. The largest absolute Gasteiger partial charge is 0.466 e. The van der Waals surface area contributed by atoms with Crippen molar-refractivity contribution in [3.05, 3.63) is 115 Å². The van der Waals surface area contributed by atoms with Crippen molar-refractivity contribution < 1.29 is 73.2 Å². The van der Waals surface area contributed by atoms with Gasteiger partial charge in [0.05, 0.1) is 71.1 Å². The summed E-state index contributed by atoms with van der Waals surface area (Å²) in [7, 11) is 1.97. The zero-order chi connectivity index (χ0) is 39.8. The molecule has 18 heteroatoms. The van der Waals surface area contributed by atoms with E-state index in [1.54, 1.807) is 0 Å². The first-order valence-corrected chi connectivity index (χ1v) is 16.0. The molecule has 0 saturated carbocycles. The summed E-state index contributed by atoms with van der Waals surface area (Å²) in [5, 5.41) is 4.70. The molecule has 2 aromatic rings. The predicted molar refractivity (Wildman–Crippen MR) is 170 cm³/mol. The maximum atomic E-state index is 14.3. The molecule has 4 heterocycles. The van der Waals surface area contributed by atoms with Crippen LogP contribution in [0, 0.1) is 11.6 Å². The van der Waals surface area contributed by atoms with Crippen LogP contribution in [0.4, 0.5) is 35.1 Å². The number of nitrogens with one attached hydrogen (secondary N) is 2. The molecular weight excluding hydrogens is 740 g/mol. The fraction of sp³-hybridized carbons (Fsp3) is 0.333. The highest BCUT2D eigenvalue weighted by atomic mass is 19.3. The van der Waals surface area contributed by atoms with Crippen LogP contribution in [0.1, 0.15) is 60.3 Å². The number of rotatable bonds is 8. The summed E-state index contributed by atoms with van der Waals surface area (Å²) in [6.45, 7) is 1.51. The van der Waals surface area contributed by atoms with Crippen molar-refractivity contribution in [1.29, 1.82) is 0 Å². The van der Waals surface area contributed by atoms with E-state index < -0.39 is 106 Å². The summed E-state index contributed by atoms with van der Waals surface area (Å²) in [6, 6.07) is 7.08. The Labute approximate surface area is 301 Å². The quantitative estimate of drug-likeness (QED) is 0.185. The molecule has 0 unspecified atom stereocenters. The van der Waals surface area contributed by atoms with Gasteiger partial charge in [-0.3, -0.25) is 0 Å². The third-order valence-corrected chi connectivity index (χ3v) is 8.93. The van der Waals surface area contributed by atoms with Gasteiger partial charge in [-0.1, -0.05) is 24.3 Å². The third kappa shape index (κ3) is 7.03. The van der Waals surface area contributed by atoms with Crippen LogP contribution in [0.3, 0.4) is 0 Å². The smallest absolute Gasteiger partial charge is 0.337 e. The Hall–Kier alpha value is -5.68. The number of benzene rings is 2. The van der Waals surface area contributed by atoms with Crippen LogP contribution in [-0.4, -0.2) is 64.2 Å². The van der Waals surface area contributed by atoms with Gasteiger partial charge in [0.2, 0.25) is 0 Å². The minimum Gasteiger partial charge on any atom is -0.466 e. The van der Waals surface area contributed by atoms with E-state index in [0.717, 1.165) is 40.2 Å². The number of esters is 4. The maximum Gasteiger partial charge on any atom is 0.337 e. The number of dihydropyridines is 2. The molecule has 288 valence electrons. The van der Waals surface area contributed by atoms with Crippen molar-refractivity contribution in [2.24, 2.45) is 0 Å². The molecule has 0 saturated heterocycles. The molecule has 0 aromatic heterocycles. The van der Waals surface area contributed by atoms with Crippen LogP contribution in [0.2, 0.25) is 0 Å². The number of methoxy groups -OCH3 is 2. The van der Waals surface area contributed by atoms with E-state index in [4.69, 9.17) is 9.47 Å². The number of ether oxygens (including phenoxy) is 4. The van der Waals surface area contributed by atoms with Crippen molar-refractivity contribution in [2.75, 3.05) is 27.4 Å². The first-order valence-electron chi connectivity index (χ1n) is 16.0. The van der Waals surface area contributed by atoms with Gasteiger partial charge >= 0.3 is 23.9 Å². The van der Waals surface area contributed by atoms with Gasteiger partial charge in [-0.2, -0.15) is 0 Å². The molecule has 0 bridgehead atoms. The van der Waals surface area contributed by atoms with Gasteiger partial charge in [0, 0.05) is 11.1 Å². The molecule has 0 amide bonds. The Morgan fingerprint density at radius 2 is 1.02 bits per heavy atom. The van der Waals surface area contributed by atoms with Gasteiger partial charge < -0.3 is 29.6 Å². The average molecular weight is 771 g/mol. The molecule has 0 radical (unpaired) electrons. The second-order valence-corrected chi connectivity index (χ2v) is 12.0. The third-order valence-electron chi connectivity index (χ3n) is 8.93. The van der Waals surface area contributed by atoms with Crippen molar-refractivity contribution in [1.82, 2.24) is 10.6 Å². The van der Waals surface area contributed by atoms with Crippen molar-refractivity contribution in [3.8, 4) is 0 Å². The van der Waals surface area contributed by atoms with E-state index >= 15 is 0 Å². The average Bonchev–Trinajstić information content (AvgIpc) is 3.70. The lowest BCUT2D eigenvalue weighted by atomic mass is 9.78. The second kappa shape index (κ2) is 15.7. The van der Waals surface area contributed by atoms with E-state index in [-0.39, 0.29) is 46.9 Å². The minimum atomic E-state index is -3.12. The number of carbonyl (C=O) groups is 4. The Morgan fingerprint density at radius 1 is 0.667 bits per heavy atom. The fourth-order valence-electron chi connectivity index (χ4n) is 6.78. The molecule has 2 aromatic carbocycles. The Kier molecular flexibility index (Phi) is 11.5. The molecule has 4 aliphatic rings. The highest BCUT2D eigenvalue weighted by Crippen LogP contribution is 2.47. The predicted octanol–water partition coefficient (Wildman–Crippen LogP) is 6.09. The number of hydrogen-bond acceptors (Lipinski definition) is 10. The highest BCUT2D eigenvalue weighted by molar-refractivity contribution is 6.02. The topological polar surface area (TPSA) is 129 Å². The summed E-state index contributed by atoms with van der Waals surface area (Å²) >= 11 is 0. The number of allylic oxidation sites excluding steroid dienone is 2. The van der Waals surface area contributed by atoms with Crippen LogP contribution in [0.5, 0.6) is 0 Å².